The Hall–Kier alpha value is -2.11. The molecule has 0 bridgehead atoms. The van der Waals surface area contributed by atoms with Crippen LogP contribution in [0, 0.1) is 5.92 Å². The first kappa shape index (κ1) is 17.7. The second-order valence-electron chi connectivity index (χ2n) is 6.87. The van der Waals surface area contributed by atoms with Crippen molar-refractivity contribution in [3.8, 4) is 0 Å². The van der Waals surface area contributed by atoms with Crippen LogP contribution in [0.15, 0.2) is 29.4 Å². The van der Waals surface area contributed by atoms with E-state index in [9.17, 15) is 0 Å². The third-order valence-corrected chi connectivity index (χ3v) is 5.03. The van der Waals surface area contributed by atoms with Crippen molar-refractivity contribution in [2.75, 3.05) is 20.1 Å². The van der Waals surface area contributed by atoms with Crippen LogP contribution < -0.4 is 10.6 Å². The molecule has 25 heavy (non-hydrogen) atoms. The van der Waals surface area contributed by atoms with Crippen LogP contribution in [0.5, 0.6) is 0 Å². The van der Waals surface area contributed by atoms with E-state index in [2.05, 4.69) is 30.2 Å². The van der Waals surface area contributed by atoms with Gasteiger partial charge in [0.05, 0.1) is 0 Å². The summed E-state index contributed by atoms with van der Waals surface area (Å²) in [4.78, 5) is 4.30. The van der Waals surface area contributed by atoms with Gasteiger partial charge in [-0.2, -0.15) is 0 Å². The lowest BCUT2D eigenvalue weighted by molar-refractivity contribution is 0.481. The Bertz CT molecular complexity index is 671. The van der Waals surface area contributed by atoms with Gasteiger partial charge in [-0.1, -0.05) is 31.7 Å². The Balaban J connectivity index is 1.31. The SMILES string of the molecule is CN=C(NCCCc1nnc2ccccn12)NCCCC1CCCC1. The highest BCUT2D eigenvalue weighted by atomic mass is 15.2. The molecule has 0 atom stereocenters. The second kappa shape index (κ2) is 9.39. The third-order valence-electron chi connectivity index (χ3n) is 5.03. The van der Waals surface area contributed by atoms with Gasteiger partial charge in [0.2, 0.25) is 0 Å². The van der Waals surface area contributed by atoms with E-state index in [4.69, 9.17) is 0 Å². The molecule has 2 aromatic rings. The minimum Gasteiger partial charge on any atom is -0.356 e. The molecular weight excluding hydrogens is 312 g/mol. The normalized spacial score (nSPS) is 15.8. The van der Waals surface area contributed by atoms with Gasteiger partial charge in [-0.3, -0.25) is 9.39 Å². The number of hydrogen-bond acceptors (Lipinski definition) is 3. The smallest absolute Gasteiger partial charge is 0.190 e. The van der Waals surface area contributed by atoms with Crippen molar-refractivity contribution in [1.29, 1.82) is 0 Å². The maximum Gasteiger partial charge on any atom is 0.190 e. The predicted octanol–water partition coefficient (Wildman–Crippen LogP) is 2.80. The van der Waals surface area contributed by atoms with Gasteiger partial charge in [0.15, 0.2) is 11.6 Å². The number of aromatic nitrogens is 3. The van der Waals surface area contributed by atoms with E-state index in [1.807, 2.05) is 31.4 Å². The number of rotatable bonds is 8. The maximum absolute atomic E-state index is 4.30. The van der Waals surface area contributed by atoms with E-state index < -0.39 is 0 Å². The van der Waals surface area contributed by atoms with Crippen LogP contribution in [-0.4, -0.2) is 40.7 Å². The number of guanidine groups is 1. The molecule has 2 heterocycles. The van der Waals surface area contributed by atoms with Crippen LogP contribution in [0.25, 0.3) is 5.65 Å². The molecule has 136 valence electrons. The molecule has 0 aromatic carbocycles. The molecule has 3 rings (SSSR count). The summed E-state index contributed by atoms with van der Waals surface area (Å²) in [6.45, 7) is 1.88. The van der Waals surface area contributed by atoms with Crippen molar-refractivity contribution < 1.29 is 0 Å². The summed E-state index contributed by atoms with van der Waals surface area (Å²) >= 11 is 0. The van der Waals surface area contributed by atoms with E-state index in [1.165, 1.54) is 38.5 Å². The fourth-order valence-electron chi connectivity index (χ4n) is 3.63. The van der Waals surface area contributed by atoms with Crippen LogP contribution in [0.4, 0.5) is 0 Å². The molecule has 0 aliphatic heterocycles. The monoisotopic (exact) mass is 342 g/mol. The van der Waals surface area contributed by atoms with E-state index in [1.54, 1.807) is 0 Å². The molecular formula is C19H30N6. The third kappa shape index (κ3) is 5.18. The zero-order chi connectivity index (χ0) is 17.3. The molecule has 0 unspecified atom stereocenters. The summed E-state index contributed by atoms with van der Waals surface area (Å²) in [5.41, 5.74) is 0.908. The van der Waals surface area contributed by atoms with Crippen molar-refractivity contribution in [2.45, 2.75) is 51.4 Å². The largest absolute Gasteiger partial charge is 0.356 e. The van der Waals surface area contributed by atoms with Gasteiger partial charge in [-0.25, -0.2) is 0 Å². The van der Waals surface area contributed by atoms with Gasteiger partial charge in [-0.15, -0.1) is 10.2 Å². The predicted molar refractivity (Wildman–Crippen MR) is 102 cm³/mol. The van der Waals surface area contributed by atoms with Crippen molar-refractivity contribution in [3.63, 3.8) is 0 Å². The molecule has 1 fully saturated rings. The van der Waals surface area contributed by atoms with Gasteiger partial charge >= 0.3 is 0 Å². The molecule has 1 saturated carbocycles. The first-order chi connectivity index (χ1) is 12.4. The van der Waals surface area contributed by atoms with Crippen LogP contribution in [0.3, 0.4) is 0 Å². The highest BCUT2D eigenvalue weighted by Crippen LogP contribution is 2.28. The van der Waals surface area contributed by atoms with E-state index in [0.717, 1.165) is 49.3 Å². The van der Waals surface area contributed by atoms with Crippen molar-refractivity contribution in [3.05, 3.63) is 30.2 Å². The Morgan fingerprint density at radius 1 is 1.16 bits per heavy atom. The standard InChI is InChI=1S/C19H30N6/c1-20-19(21-13-6-10-16-8-2-3-9-16)22-14-7-12-18-24-23-17-11-4-5-15-25(17)18/h4-5,11,15-16H,2-3,6-10,12-14H2,1H3,(H2,20,21,22). The first-order valence-electron chi connectivity index (χ1n) is 9.60. The lowest BCUT2D eigenvalue weighted by Crippen LogP contribution is -2.38. The lowest BCUT2D eigenvalue weighted by atomic mass is 10.0. The molecule has 6 heteroatoms. The first-order valence-corrected chi connectivity index (χ1v) is 9.60. The highest BCUT2D eigenvalue weighted by molar-refractivity contribution is 5.79. The number of nitrogens with zero attached hydrogens (tertiary/aromatic N) is 4. The van der Waals surface area contributed by atoms with Gasteiger partial charge in [0.1, 0.15) is 5.82 Å². The number of nitrogens with one attached hydrogen (secondary N) is 2. The maximum atomic E-state index is 4.30. The van der Waals surface area contributed by atoms with E-state index in [-0.39, 0.29) is 0 Å². The molecule has 0 saturated heterocycles. The molecule has 0 radical (unpaired) electrons. The average Bonchev–Trinajstić information content (AvgIpc) is 3.30. The molecule has 2 aromatic heterocycles. The average molecular weight is 342 g/mol. The Morgan fingerprint density at radius 3 is 2.76 bits per heavy atom. The number of aliphatic imine (C=N–C) groups is 1. The highest BCUT2D eigenvalue weighted by Gasteiger charge is 2.14. The summed E-state index contributed by atoms with van der Waals surface area (Å²) in [7, 11) is 1.83. The number of pyridine rings is 1. The molecule has 2 N–H and O–H groups in total. The van der Waals surface area contributed by atoms with Crippen LogP contribution >= 0.6 is 0 Å². The Morgan fingerprint density at radius 2 is 1.96 bits per heavy atom. The van der Waals surface area contributed by atoms with Crippen LogP contribution in [0.2, 0.25) is 0 Å². The zero-order valence-electron chi connectivity index (χ0n) is 15.2. The van der Waals surface area contributed by atoms with Gasteiger partial charge in [0.25, 0.3) is 0 Å². The fraction of sp³-hybridized carbons (Fsp3) is 0.632. The summed E-state index contributed by atoms with van der Waals surface area (Å²) in [5, 5.41) is 15.3. The lowest BCUT2D eigenvalue weighted by Gasteiger charge is -2.13. The van der Waals surface area contributed by atoms with Crippen LogP contribution in [-0.2, 0) is 6.42 Å². The summed E-state index contributed by atoms with van der Waals surface area (Å²) in [6, 6.07) is 5.97. The quantitative estimate of drug-likeness (QED) is 0.440. The van der Waals surface area contributed by atoms with Crippen molar-refractivity contribution in [2.24, 2.45) is 10.9 Å². The van der Waals surface area contributed by atoms with Crippen molar-refractivity contribution >= 4 is 11.6 Å². The molecule has 0 spiro atoms. The van der Waals surface area contributed by atoms with Gasteiger partial charge < -0.3 is 10.6 Å². The summed E-state index contributed by atoms with van der Waals surface area (Å²) in [6.07, 6.45) is 12.2. The zero-order valence-corrected chi connectivity index (χ0v) is 15.2. The number of fused-ring (bicyclic) bond motifs is 1. The molecule has 6 nitrogen and oxygen atoms in total. The second-order valence-corrected chi connectivity index (χ2v) is 6.87. The van der Waals surface area contributed by atoms with Crippen molar-refractivity contribution in [1.82, 2.24) is 25.2 Å². The fourth-order valence-corrected chi connectivity index (χ4v) is 3.63. The minimum absolute atomic E-state index is 0.879. The minimum atomic E-state index is 0.879. The van der Waals surface area contributed by atoms with E-state index in [0.29, 0.717) is 0 Å². The summed E-state index contributed by atoms with van der Waals surface area (Å²) < 4.78 is 2.05. The van der Waals surface area contributed by atoms with Gasteiger partial charge in [0, 0.05) is 32.8 Å². The van der Waals surface area contributed by atoms with Gasteiger partial charge in [-0.05, 0) is 37.3 Å². The number of hydrogen-bond donors (Lipinski definition) is 2. The Labute approximate surface area is 150 Å². The topological polar surface area (TPSA) is 66.6 Å². The summed E-state index contributed by atoms with van der Waals surface area (Å²) in [5.74, 6) is 2.88. The van der Waals surface area contributed by atoms with E-state index >= 15 is 0 Å². The molecule has 1 aliphatic rings. The molecule has 0 amide bonds. The van der Waals surface area contributed by atoms with Crippen LogP contribution in [0.1, 0.15) is 50.8 Å². The number of aryl methyl sites for hydroxylation is 1. The molecule has 1 aliphatic carbocycles. The Kier molecular flexibility index (Phi) is 6.65.